The molecule has 1 unspecified atom stereocenters. The van der Waals surface area contributed by atoms with E-state index in [4.69, 9.17) is 4.74 Å². The zero-order valence-electron chi connectivity index (χ0n) is 15.3. The summed E-state index contributed by atoms with van der Waals surface area (Å²) >= 11 is 0. The van der Waals surface area contributed by atoms with Gasteiger partial charge in [-0.1, -0.05) is 72.6 Å². The molecule has 1 N–H and O–H groups in total. The van der Waals surface area contributed by atoms with Crippen LogP contribution in [-0.4, -0.2) is 23.3 Å². The molecule has 0 amide bonds. The number of hydrogen-bond acceptors (Lipinski definition) is 3. The lowest BCUT2D eigenvalue weighted by atomic mass is 9.77. The zero-order chi connectivity index (χ0) is 16.8. The van der Waals surface area contributed by atoms with Crippen LogP contribution in [0.1, 0.15) is 98.3 Å². The van der Waals surface area contributed by atoms with Crippen LogP contribution in [-0.2, 0) is 9.53 Å². The van der Waals surface area contributed by atoms with Gasteiger partial charge in [-0.15, -0.1) is 0 Å². The minimum atomic E-state index is -1.28. The molecule has 3 nitrogen and oxygen atoms in total. The maximum absolute atomic E-state index is 12.5. The fourth-order valence-electron chi connectivity index (χ4n) is 2.88. The van der Waals surface area contributed by atoms with Crippen LogP contribution in [0.3, 0.4) is 0 Å². The van der Waals surface area contributed by atoms with Gasteiger partial charge in [-0.3, -0.25) is 0 Å². The van der Waals surface area contributed by atoms with Crippen LogP contribution in [0.15, 0.2) is 0 Å². The number of esters is 1. The third kappa shape index (κ3) is 7.62. The standard InChI is InChI=1S/C19H38O3/c1-5-9-13-17(14-10-6-2)19(21,15-11-7-3)18(20)22-16-12-8-4/h17,21H,5-16H2,1-4H3. The summed E-state index contributed by atoms with van der Waals surface area (Å²) in [6, 6.07) is 0. The highest BCUT2D eigenvalue weighted by molar-refractivity contribution is 5.79. The summed E-state index contributed by atoms with van der Waals surface area (Å²) in [7, 11) is 0. The Kier molecular flexibility index (Phi) is 12.6. The van der Waals surface area contributed by atoms with Crippen LogP contribution < -0.4 is 0 Å². The first-order valence-corrected chi connectivity index (χ1v) is 9.46. The Morgan fingerprint density at radius 2 is 1.41 bits per heavy atom. The third-order valence-electron chi connectivity index (χ3n) is 4.48. The number of ether oxygens (including phenoxy) is 1. The maximum atomic E-state index is 12.5. The van der Waals surface area contributed by atoms with E-state index in [9.17, 15) is 9.90 Å². The predicted octanol–water partition coefficient (Wildman–Crippen LogP) is 5.25. The average Bonchev–Trinajstić information content (AvgIpc) is 2.52. The van der Waals surface area contributed by atoms with Gasteiger partial charge < -0.3 is 9.84 Å². The Balaban J connectivity index is 4.97. The van der Waals surface area contributed by atoms with Crippen molar-refractivity contribution < 1.29 is 14.6 Å². The third-order valence-corrected chi connectivity index (χ3v) is 4.48. The number of carbonyl (C=O) groups excluding carboxylic acids is 1. The van der Waals surface area contributed by atoms with Gasteiger partial charge in [0.1, 0.15) is 0 Å². The Bertz CT molecular complexity index is 270. The Hall–Kier alpha value is -0.570. The van der Waals surface area contributed by atoms with Crippen molar-refractivity contribution in [2.75, 3.05) is 6.61 Å². The molecule has 132 valence electrons. The maximum Gasteiger partial charge on any atom is 0.338 e. The van der Waals surface area contributed by atoms with Crippen LogP contribution >= 0.6 is 0 Å². The van der Waals surface area contributed by atoms with Gasteiger partial charge in [0, 0.05) is 0 Å². The van der Waals surface area contributed by atoms with E-state index in [2.05, 4.69) is 27.7 Å². The molecule has 0 aliphatic rings. The van der Waals surface area contributed by atoms with Crippen LogP contribution in [0.4, 0.5) is 0 Å². The zero-order valence-corrected chi connectivity index (χ0v) is 15.3. The fourth-order valence-corrected chi connectivity index (χ4v) is 2.88. The SMILES string of the molecule is CCCCOC(=O)C(O)(CCCC)C(CCCC)CCCC. The van der Waals surface area contributed by atoms with Crippen molar-refractivity contribution in [1.82, 2.24) is 0 Å². The minimum Gasteiger partial charge on any atom is -0.464 e. The normalized spacial score (nSPS) is 14.1. The Labute approximate surface area is 137 Å². The second-order valence-electron chi connectivity index (χ2n) is 6.50. The first-order chi connectivity index (χ1) is 10.6. The first-order valence-electron chi connectivity index (χ1n) is 9.46. The molecule has 0 fully saturated rings. The summed E-state index contributed by atoms with van der Waals surface area (Å²) in [5.74, 6) is -0.348. The lowest BCUT2D eigenvalue weighted by molar-refractivity contribution is -0.174. The predicted molar refractivity (Wildman–Crippen MR) is 92.9 cm³/mol. The quantitative estimate of drug-likeness (QED) is 0.352. The smallest absolute Gasteiger partial charge is 0.338 e. The van der Waals surface area contributed by atoms with Crippen molar-refractivity contribution in [3.05, 3.63) is 0 Å². The molecule has 0 bridgehead atoms. The highest BCUT2D eigenvalue weighted by Crippen LogP contribution is 2.33. The molecule has 0 spiro atoms. The number of hydrogen-bond donors (Lipinski definition) is 1. The van der Waals surface area contributed by atoms with E-state index in [1.54, 1.807) is 0 Å². The van der Waals surface area contributed by atoms with E-state index < -0.39 is 5.60 Å². The molecule has 0 saturated carbocycles. The van der Waals surface area contributed by atoms with Gasteiger partial charge in [-0.2, -0.15) is 0 Å². The van der Waals surface area contributed by atoms with Crippen molar-refractivity contribution in [2.24, 2.45) is 5.92 Å². The second-order valence-corrected chi connectivity index (χ2v) is 6.50. The van der Waals surface area contributed by atoms with Gasteiger partial charge in [0.05, 0.1) is 6.61 Å². The van der Waals surface area contributed by atoms with E-state index in [-0.39, 0.29) is 11.9 Å². The van der Waals surface area contributed by atoms with E-state index in [1.165, 1.54) is 0 Å². The topological polar surface area (TPSA) is 46.5 Å². The van der Waals surface area contributed by atoms with E-state index in [0.29, 0.717) is 13.0 Å². The van der Waals surface area contributed by atoms with Crippen molar-refractivity contribution in [2.45, 2.75) is 104 Å². The molecular formula is C19H38O3. The highest BCUT2D eigenvalue weighted by Gasteiger charge is 2.43. The number of rotatable bonds is 14. The monoisotopic (exact) mass is 314 g/mol. The van der Waals surface area contributed by atoms with Gasteiger partial charge in [-0.05, 0) is 31.6 Å². The largest absolute Gasteiger partial charge is 0.464 e. The molecule has 0 rings (SSSR count). The summed E-state index contributed by atoms with van der Waals surface area (Å²) in [6.07, 6.45) is 10.4. The molecule has 0 aliphatic heterocycles. The van der Waals surface area contributed by atoms with Crippen molar-refractivity contribution in [1.29, 1.82) is 0 Å². The summed E-state index contributed by atoms with van der Waals surface area (Å²) < 4.78 is 5.40. The number of aliphatic hydroxyl groups is 1. The number of unbranched alkanes of at least 4 members (excludes halogenated alkanes) is 4. The van der Waals surface area contributed by atoms with Crippen LogP contribution in [0.2, 0.25) is 0 Å². The molecule has 0 aromatic heterocycles. The molecule has 0 aliphatic carbocycles. The molecule has 0 aromatic rings. The van der Waals surface area contributed by atoms with Crippen molar-refractivity contribution in [3.8, 4) is 0 Å². The second kappa shape index (κ2) is 12.9. The molecule has 3 heteroatoms. The minimum absolute atomic E-state index is 0.0353. The average molecular weight is 315 g/mol. The number of carbonyl (C=O) groups is 1. The van der Waals surface area contributed by atoms with Gasteiger partial charge in [0.15, 0.2) is 5.60 Å². The highest BCUT2D eigenvalue weighted by atomic mass is 16.5. The molecule has 0 aromatic carbocycles. The van der Waals surface area contributed by atoms with E-state index in [1.807, 2.05) is 0 Å². The Morgan fingerprint density at radius 3 is 1.86 bits per heavy atom. The molecular weight excluding hydrogens is 276 g/mol. The summed E-state index contributed by atoms with van der Waals surface area (Å²) in [5, 5.41) is 11.1. The molecule has 22 heavy (non-hydrogen) atoms. The summed E-state index contributed by atoms with van der Waals surface area (Å²) in [4.78, 5) is 12.5. The lowest BCUT2D eigenvalue weighted by Gasteiger charge is -2.34. The van der Waals surface area contributed by atoms with Gasteiger partial charge >= 0.3 is 5.97 Å². The van der Waals surface area contributed by atoms with Crippen molar-refractivity contribution in [3.63, 3.8) is 0 Å². The van der Waals surface area contributed by atoms with Gasteiger partial charge in [0.25, 0.3) is 0 Å². The van der Waals surface area contributed by atoms with Crippen molar-refractivity contribution >= 4 is 5.97 Å². The summed E-state index contributed by atoms with van der Waals surface area (Å²) in [5.41, 5.74) is -1.28. The molecule has 0 radical (unpaired) electrons. The fraction of sp³-hybridized carbons (Fsp3) is 0.947. The van der Waals surface area contributed by atoms with Gasteiger partial charge in [-0.25, -0.2) is 4.79 Å². The van der Waals surface area contributed by atoms with Crippen LogP contribution in [0.5, 0.6) is 0 Å². The first kappa shape index (κ1) is 21.4. The van der Waals surface area contributed by atoms with E-state index >= 15 is 0 Å². The van der Waals surface area contributed by atoms with Crippen LogP contribution in [0, 0.1) is 5.92 Å². The molecule has 0 heterocycles. The van der Waals surface area contributed by atoms with Gasteiger partial charge in [0.2, 0.25) is 0 Å². The lowest BCUT2D eigenvalue weighted by Crippen LogP contribution is -2.47. The van der Waals surface area contributed by atoms with E-state index in [0.717, 1.165) is 64.2 Å². The summed E-state index contributed by atoms with van der Waals surface area (Å²) in [6.45, 7) is 8.90. The Morgan fingerprint density at radius 1 is 0.909 bits per heavy atom. The molecule has 0 saturated heterocycles. The molecule has 1 atom stereocenters. The van der Waals surface area contributed by atoms with Crippen LogP contribution in [0.25, 0.3) is 0 Å².